The lowest BCUT2D eigenvalue weighted by atomic mass is 10.1. The zero-order chi connectivity index (χ0) is 17.2. The third kappa shape index (κ3) is 3.26. The Morgan fingerprint density at radius 3 is 2.26 bits per heavy atom. The molecule has 1 saturated heterocycles. The van der Waals surface area contributed by atoms with E-state index in [1.165, 1.54) is 19.1 Å². The van der Waals surface area contributed by atoms with E-state index in [4.69, 9.17) is 9.05 Å². The number of rotatable bonds is 5. The number of carbonyl (C=O) groups excluding carboxylic acids is 1. The first-order valence-corrected chi connectivity index (χ1v) is 8.96. The van der Waals surface area contributed by atoms with Gasteiger partial charge < -0.3 is 14.2 Å². The van der Waals surface area contributed by atoms with E-state index in [1.54, 1.807) is 30.3 Å². The van der Waals surface area contributed by atoms with Gasteiger partial charge in [0.25, 0.3) is 5.91 Å². The van der Waals surface area contributed by atoms with Gasteiger partial charge in [-0.1, -0.05) is 38.1 Å². The third-order valence-corrected chi connectivity index (χ3v) is 5.84. The van der Waals surface area contributed by atoms with E-state index < -0.39 is 25.4 Å². The van der Waals surface area contributed by atoms with Crippen LogP contribution in [0.1, 0.15) is 13.8 Å². The number of nitrogens with zero attached hydrogens (tertiary/aromatic N) is 1. The highest BCUT2D eigenvalue weighted by Crippen LogP contribution is 2.59. The Morgan fingerprint density at radius 2 is 1.78 bits per heavy atom. The number of anilines is 1. The summed E-state index contributed by atoms with van der Waals surface area (Å²) in [5, 5.41) is 10.4. The molecule has 0 aliphatic carbocycles. The van der Waals surface area contributed by atoms with Gasteiger partial charge >= 0.3 is 7.60 Å². The number of carbonyl (C=O) groups is 1. The number of amides is 1. The van der Waals surface area contributed by atoms with Crippen molar-refractivity contribution in [1.29, 1.82) is 0 Å². The predicted octanol–water partition coefficient (Wildman–Crippen LogP) is 2.79. The van der Waals surface area contributed by atoms with E-state index >= 15 is 0 Å². The van der Waals surface area contributed by atoms with Gasteiger partial charge in [0.2, 0.25) is 0 Å². The van der Waals surface area contributed by atoms with Crippen LogP contribution in [0.15, 0.2) is 42.0 Å². The van der Waals surface area contributed by atoms with E-state index in [0.29, 0.717) is 11.3 Å². The SMILES string of the molecule is COP(=O)(OC)[C@H]1/C(=C/C(C)C)[C@@H](O)C(=O)N1c1ccccc1. The van der Waals surface area contributed by atoms with Crippen LogP contribution < -0.4 is 4.90 Å². The maximum absolute atomic E-state index is 13.0. The van der Waals surface area contributed by atoms with Gasteiger partial charge in [-0.25, -0.2) is 0 Å². The molecule has 23 heavy (non-hydrogen) atoms. The Balaban J connectivity index is 2.64. The summed E-state index contributed by atoms with van der Waals surface area (Å²) in [5.74, 6) is -1.46. The van der Waals surface area contributed by atoms with Crippen molar-refractivity contribution in [2.75, 3.05) is 19.1 Å². The average molecular weight is 339 g/mol. The number of para-hydroxylation sites is 1. The van der Waals surface area contributed by atoms with Crippen LogP contribution in [0.2, 0.25) is 0 Å². The van der Waals surface area contributed by atoms with Crippen LogP contribution in [-0.4, -0.2) is 37.1 Å². The van der Waals surface area contributed by atoms with Gasteiger partial charge in [-0.3, -0.25) is 14.3 Å². The first-order chi connectivity index (χ1) is 10.9. The van der Waals surface area contributed by atoms with Crippen LogP contribution in [-0.2, 0) is 18.4 Å². The van der Waals surface area contributed by atoms with Crippen LogP contribution in [0.4, 0.5) is 5.69 Å². The highest BCUT2D eigenvalue weighted by atomic mass is 31.2. The smallest absolute Gasteiger partial charge is 0.357 e. The standard InChI is InChI=1S/C16H22NO5P/c1-11(2)10-13-14(18)15(19)17(12-8-6-5-7-9-12)16(13)23(20,21-3)22-4/h5-11,14,16,18H,1-4H3/b13-10+/t14-,16+/m1/s1. The molecule has 1 heterocycles. The van der Waals surface area contributed by atoms with Crippen molar-refractivity contribution in [3.63, 3.8) is 0 Å². The molecule has 7 heteroatoms. The molecule has 126 valence electrons. The summed E-state index contributed by atoms with van der Waals surface area (Å²) < 4.78 is 23.3. The Morgan fingerprint density at radius 1 is 1.22 bits per heavy atom. The highest BCUT2D eigenvalue weighted by Gasteiger charge is 2.53. The van der Waals surface area contributed by atoms with Gasteiger partial charge in [0.15, 0.2) is 11.9 Å². The van der Waals surface area contributed by atoms with Gasteiger partial charge in [0, 0.05) is 19.9 Å². The molecule has 2 atom stereocenters. The van der Waals surface area contributed by atoms with Crippen LogP contribution in [0.25, 0.3) is 0 Å². The second-order valence-corrected chi connectivity index (χ2v) is 7.93. The molecule has 0 saturated carbocycles. The number of allylic oxidation sites excluding steroid dienone is 1. The number of aliphatic hydroxyl groups excluding tert-OH is 1. The van der Waals surface area contributed by atoms with E-state index in [2.05, 4.69) is 0 Å². The van der Waals surface area contributed by atoms with Crippen molar-refractivity contribution in [2.45, 2.75) is 25.7 Å². The van der Waals surface area contributed by atoms with Crippen molar-refractivity contribution in [2.24, 2.45) is 5.92 Å². The monoisotopic (exact) mass is 339 g/mol. The molecule has 1 amide bonds. The van der Waals surface area contributed by atoms with Crippen molar-refractivity contribution in [3.05, 3.63) is 42.0 Å². The summed E-state index contributed by atoms with van der Waals surface area (Å²) in [7, 11) is -1.11. The molecule has 1 aromatic carbocycles. The quantitative estimate of drug-likeness (QED) is 0.659. The molecule has 0 unspecified atom stereocenters. The van der Waals surface area contributed by atoms with E-state index in [1.807, 2.05) is 19.9 Å². The number of benzene rings is 1. The third-order valence-electron chi connectivity index (χ3n) is 3.70. The summed E-state index contributed by atoms with van der Waals surface area (Å²) in [6, 6.07) is 8.77. The zero-order valence-electron chi connectivity index (χ0n) is 13.7. The minimum Gasteiger partial charge on any atom is -0.379 e. The molecule has 2 rings (SSSR count). The topological polar surface area (TPSA) is 76.1 Å². The zero-order valence-corrected chi connectivity index (χ0v) is 14.6. The lowest BCUT2D eigenvalue weighted by Gasteiger charge is -2.29. The maximum atomic E-state index is 13.0. The number of aliphatic hydroxyl groups is 1. The molecular formula is C16H22NO5P. The summed E-state index contributed by atoms with van der Waals surface area (Å²) in [6.45, 7) is 3.83. The summed E-state index contributed by atoms with van der Waals surface area (Å²) in [4.78, 5) is 13.9. The molecule has 6 nitrogen and oxygen atoms in total. The van der Waals surface area contributed by atoms with Crippen molar-refractivity contribution < 1.29 is 23.5 Å². The fourth-order valence-electron chi connectivity index (χ4n) is 2.70. The summed E-state index contributed by atoms with van der Waals surface area (Å²) >= 11 is 0. The molecular weight excluding hydrogens is 317 g/mol. The van der Waals surface area contributed by atoms with Gasteiger partial charge in [-0.05, 0) is 23.6 Å². The van der Waals surface area contributed by atoms with Gasteiger partial charge in [-0.2, -0.15) is 0 Å². The highest BCUT2D eigenvalue weighted by molar-refractivity contribution is 7.55. The largest absolute Gasteiger partial charge is 0.379 e. The molecule has 1 N–H and O–H groups in total. The van der Waals surface area contributed by atoms with Crippen LogP contribution in [0.3, 0.4) is 0 Å². The van der Waals surface area contributed by atoms with Crippen LogP contribution >= 0.6 is 7.60 Å². The molecule has 0 radical (unpaired) electrons. The summed E-state index contributed by atoms with van der Waals surface area (Å²) in [5.41, 5.74) is 0.879. The van der Waals surface area contributed by atoms with Crippen LogP contribution in [0.5, 0.6) is 0 Å². The molecule has 0 aromatic heterocycles. The summed E-state index contributed by atoms with van der Waals surface area (Å²) in [6.07, 6.45) is 0.377. The van der Waals surface area contributed by atoms with Gasteiger partial charge in [0.1, 0.15) is 0 Å². The second kappa shape index (κ2) is 6.97. The number of hydrogen-bond donors (Lipinski definition) is 1. The van der Waals surface area contributed by atoms with Crippen molar-refractivity contribution >= 4 is 19.2 Å². The normalized spacial score (nSPS) is 24.0. The first-order valence-electron chi connectivity index (χ1n) is 7.34. The molecule has 1 aliphatic heterocycles. The Labute approximate surface area is 136 Å². The lowest BCUT2D eigenvalue weighted by Crippen LogP contribution is -2.35. The fourth-order valence-corrected chi connectivity index (χ4v) is 4.37. The molecule has 1 aliphatic rings. The van der Waals surface area contributed by atoms with Crippen molar-refractivity contribution in [1.82, 2.24) is 0 Å². The molecule has 0 spiro atoms. The lowest BCUT2D eigenvalue weighted by molar-refractivity contribution is -0.123. The predicted molar refractivity (Wildman–Crippen MR) is 88.3 cm³/mol. The van der Waals surface area contributed by atoms with Crippen LogP contribution in [0, 0.1) is 5.92 Å². The van der Waals surface area contributed by atoms with Crippen molar-refractivity contribution in [3.8, 4) is 0 Å². The Bertz CT molecular complexity index is 635. The Kier molecular flexibility index (Phi) is 5.42. The molecule has 1 fully saturated rings. The fraction of sp³-hybridized carbons (Fsp3) is 0.438. The van der Waals surface area contributed by atoms with E-state index in [-0.39, 0.29) is 5.92 Å². The van der Waals surface area contributed by atoms with Gasteiger partial charge in [-0.15, -0.1) is 0 Å². The Hall–Kier alpha value is -1.46. The van der Waals surface area contributed by atoms with E-state index in [0.717, 1.165) is 0 Å². The van der Waals surface area contributed by atoms with E-state index in [9.17, 15) is 14.5 Å². The number of hydrogen-bond acceptors (Lipinski definition) is 5. The minimum atomic E-state index is -3.66. The minimum absolute atomic E-state index is 0.0628. The molecule has 0 bridgehead atoms. The first kappa shape index (κ1) is 17.9. The second-order valence-electron chi connectivity index (χ2n) is 5.64. The average Bonchev–Trinajstić information content (AvgIpc) is 2.80. The molecule has 1 aromatic rings. The maximum Gasteiger partial charge on any atom is 0.357 e. The van der Waals surface area contributed by atoms with Gasteiger partial charge in [0.05, 0.1) is 0 Å².